The maximum Gasteiger partial charge on any atom is 0.225 e. The fraction of sp³-hybridized carbons (Fsp3) is 0.588. The fourth-order valence-corrected chi connectivity index (χ4v) is 3.49. The molecule has 4 nitrogen and oxygen atoms in total. The van der Waals surface area contributed by atoms with Gasteiger partial charge in [-0.15, -0.1) is 0 Å². The van der Waals surface area contributed by atoms with Gasteiger partial charge in [-0.3, -0.25) is 4.79 Å². The summed E-state index contributed by atoms with van der Waals surface area (Å²) in [7, 11) is 0. The SMILES string of the molecule is CC1Nc2ccccc2CC1C(=O)NC1CCCCC1O. The lowest BCUT2D eigenvalue weighted by atomic mass is 9.86. The Morgan fingerprint density at radius 1 is 1.29 bits per heavy atom. The van der Waals surface area contributed by atoms with Gasteiger partial charge in [0, 0.05) is 11.7 Å². The predicted molar refractivity (Wildman–Crippen MR) is 83.1 cm³/mol. The van der Waals surface area contributed by atoms with E-state index in [-0.39, 0.29) is 30.0 Å². The number of fused-ring (bicyclic) bond motifs is 1. The summed E-state index contributed by atoms with van der Waals surface area (Å²) >= 11 is 0. The van der Waals surface area contributed by atoms with Crippen molar-refractivity contribution in [3.63, 3.8) is 0 Å². The zero-order chi connectivity index (χ0) is 14.8. The molecule has 1 amide bonds. The molecule has 0 saturated heterocycles. The number of carbonyl (C=O) groups excluding carboxylic acids is 1. The van der Waals surface area contributed by atoms with Gasteiger partial charge in [-0.25, -0.2) is 0 Å². The van der Waals surface area contributed by atoms with Crippen LogP contribution < -0.4 is 10.6 Å². The molecular formula is C17H24N2O2. The van der Waals surface area contributed by atoms with Crippen LogP contribution >= 0.6 is 0 Å². The molecule has 2 aliphatic rings. The van der Waals surface area contributed by atoms with Crippen molar-refractivity contribution in [2.45, 2.75) is 57.2 Å². The molecule has 4 heteroatoms. The number of rotatable bonds is 2. The first-order valence-corrected chi connectivity index (χ1v) is 7.98. The maximum absolute atomic E-state index is 12.6. The van der Waals surface area contributed by atoms with Gasteiger partial charge in [0.05, 0.1) is 18.1 Å². The van der Waals surface area contributed by atoms with Gasteiger partial charge < -0.3 is 15.7 Å². The predicted octanol–water partition coefficient (Wildman–Crippen LogP) is 2.08. The summed E-state index contributed by atoms with van der Waals surface area (Å²) in [5.74, 6) is -0.00974. The Bertz CT molecular complexity index is 517. The minimum atomic E-state index is -0.387. The van der Waals surface area contributed by atoms with E-state index < -0.39 is 0 Å². The Labute approximate surface area is 125 Å². The van der Waals surface area contributed by atoms with Gasteiger partial charge in [0.15, 0.2) is 0 Å². The highest BCUT2D eigenvalue weighted by atomic mass is 16.3. The van der Waals surface area contributed by atoms with Crippen molar-refractivity contribution in [3.05, 3.63) is 29.8 Å². The molecule has 3 N–H and O–H groups in total. The number of benzene rings is 1. The second-order valence-electron chi connectivity index (χ2n) is 6.37. The zero-order valence-electron chi connectivity index (χ0n) is 12.5. The Hall–Kier alpha value is -1.55. The van der Waals surface area contributed by atoms with Crippen molar-refractivity contribution in [1.82, 2.24) is 5.32 Å². The van der Waals surface area contributed by atoms with Crippen LogP contribution in [0.3, 0.4) is 0 Å². The number of hydrogen-bond acceptors (Lipinski definition) is 3. The molecule has 3 rings (SSSR count). The maximum atomic E-state index is 12.6. The van der Waals surface area contributed by atoms with Gasteiger partial charge in [-0.2, -0.15) is 0 Å². The van der Waals surface area contributed by atoms with Crippen LogP contribution in [-0.4, -0.2) is 29.2 Å². The normalized spacial score (nSPS) is 31.9. The van der Waals surface area contributed by atoms with E-state index in [1.807, 2.05) is 12.1 Å². The minimum absolute atomic E-state index is 0.0652. The van der Waals surface area contributed by atoms with E-state index >= 15 is 0 Å². The Kier molecular flexibility index (Phi) is 4.15. The summed E-state index contributed by atoms with van der Waals surface area (Å²) in [5.41, 5.74) is 2.33. The number of aliphatic hydroxyl groups excluding tert-OH is 1. The van der Waals surface area contributed by atoms with Crippen molar-refractivity contribution in [1.29, 1.82) is 0 Å². The number of para-hydroxylation sites is 1. The molecular weight excluding hydrogens is 264 g/mol. The Morgan fingerprint density at radius 3 is 2.86 bits per heavy atom. The molecule has 1 aromatic carbocycles. The summed E-state index contributed by atoms with van der Waals surface area (Å²) in [6, 6.07) is 8.19. The number of amides is 1. The zero-order valence-corrected chi connectivity index (χ0v) is 12.5. The van der Waals surface area contributed by atoms with Crippen LogP contribution in [0.1, 0.15) is 38.2 Å². The van der Waals surface area contributed by atoms with E-state index in [0.717, 1.165) is 37.8 Å². The number of carbonyl (C=O) groups is 1. The van der Waals surface area contributed by atoms with Crippen LogP contribution in [0.2, 0.25) is 0 Å². The number of hydrogen-bond donors (Lipinski definition) is 3. The van der Waals surface area contributed by atoms with E-state index in [0.29, 0.717) is 0 Å². The number of nitrogens with one attached hydrogen (secondary N) is 2. The second-order valence-corrected chi connectivity index (χ2v) is 6.37. The first kappa shape index (κ1) is 14.4. The highest BCUT2D eigenvalue weighted by Crippen LogP contribution is 2.29. The molecule has 1 heterocycles. The standard InChI is InChI=1S/C17H24N2O2/c1-11-13(10-12-6-2-3-7-14(12)18-11)17(21)19-15-8-4-5-9-16(15)20/h2-3,6-7,11,13,15-16,18,20H,4-5,8-10H2,1H3,(H,19,21). The summed E-state index contributed by atoms with van der Waals surface area (Å²) in [6.45, 7) is 2.05. The van der Waals surface area contributed by atoms with Gasteiger partial charge >= 0.3 is 0 Å². The highest BCUT2D eigenvalue weighted by Gasteiger charge is 2.33. The van der Waals surface area contributed by atoms with E-state index in [4.69, 9.17) is 0 Å². The second kappa shape index (κ2) is 6.06. The number of aliphatic hydroxyl groups is 1. The van der Waals surface area contributed by atoms with Gasteiger partial charge in [-0.1, -0.05) is 31.0 Å². The van der Waals surface area contributed by atoms with E-state index in [1.165, 1.54) is 5.56 Å². The van der Waals surface area contributed by atoms with Crippen molar-refractivity contribution < 1.29 is 9.90 Å². The van der Waals surface area contributed by atoms with Crippen molar-refractivity contribution in [2.75, 3.05) is 5.32 Å². The first-order valence-electron chi connectivity index (χ1n) is 7.98. The van der Waals surface area contributed by atoms with Crippen LogP contribution in [0.5, 0.6) is 0 Å². The fourth-order valence-electron chi connectivity index (χ4n) is 3.49. The third kappa shape index (κ3) is 3.05. The minimum Gasteiger partial charge on any atom is -0.391 e. The van der Waals surface area contributed by atoms with Crippen LogP contribution in [-0.2, 0) is 11.2 Å². The van der Waals surface area contributed by atoms with Crippen molar-refractivity contribution in [2.24, 2.45) is 5.92 Å². The molecule has 1 fully saturated rings. The van der Waals surface area contributed by atoms with E-state index in [1.54, 1.807) is 0 Å². The molecule has 1 aromatic rings. The summed E-state index contributed by atoms with van der Waals surface area (Å²) in [6.07, 6.45) is 4.20. The first-order chi connectivity index (χ1) is 10.1. The molecule has 1 aliphatic heterocycles. The summed E-state index contributed by atoms with van der Waals surface area (Å²) < 4.78 is 0. The molecule has 0 radical (unpaired) electrons. The molecule has 0 bridgehead atoms. The third-order valence-corrected chi connectivity index (χ3v) is 4.84. The quantitative estimate of drug-likeness (QED) is 0.781. The van der Waals surface area contributed by atoms with Crippen LogP contribution in [0.15, 0.2) is 24.3 Å². The lowest BCUT2D eigenvalue weighted by Crippen LogP contribution is -2.51. The molecule has 0 aromatic heterocycles. The molecule has 0 spiro atoms. The summed E-state index contributed by atoms with van der Waals surface area (Å²) in [4.78, 5) is 12.6. The lowest BCUT2D eigenvalue weighted by molar-refractivity contribution is -0.127. The van der Waals surface area contributed by atoms with Gasteiger partial charge in [0.1, 0.15) is 0 Å². The Balaban J connectivity index is 1.67. The molecule has 114 valence electrons. The average molecular weight is 288 g/mol. The Morgan fingerprint density at radius 2 is 2.05 bits per heavy atom. The number of anilines is 1. The lowest BCUT2D eigenvalue weighted by Gasteiger charge is -2.34. The molecule has 4 unspecified atom stereocenters. The topological polar surface area (TPSA) is 61.4 Å². The highest BCUT2D eigenvalue weighted by molar-refractivity contribution is 5.81. The largest absolute Gasteiger partial charge is 0.391 e. The van der Waals surface area contributed by atoms with Crippen LogP contribution in [0.4, 0.5) is 5.69 Å². The van der Waals surface area contributed by atoms with Crippen LogP contribution in [0.25, 0.3) is 0 Å². The molecule has 1 saturated carbocycles. The van der Waals surface area contributed by atoms with Crippen molar-refractivity contribution in [3.8, 4) is 0 Å². The van der Waals surface area contributed by atoms with Crippen molar-refractivity contribution >= 4 is 11.6 Å². The molecule has 4 atom stereocenters. The average Bonchev–Trinajstić information content (AvgIpc) is 2.49. The third-order valence-electron chi connectivity index (χ3n) is 4.84. The molecule has 1 aliphatic carbocycles. The van der Waals surface area contributed by atoms with Gasteiger partial charge in [0.2, 0.25) is 5.91 Å². The van der Waals surface area contributed by atoms with Gasteiger partial charge in [-0.05, 0) is 37.8 Å². The van der Waals surface area contributed by atoms with Crippen LogP contribution in [0, 0.1) is 5.92 Å². The molecule has 21 heavy (non-hydrogen) atoms. The van der Waals surface area contributed by atoms with E-state index in [2.05, 4.69) is 29.7 Å². The smallest absolute Gasteiger partial charge is 0.225 e. The van der Waals surface area contributed by atoms with Gasteiger partial charge in [0.25, 0.3) is 0 Å². The summed E-state index contributed by atoms with van der Waals surface area (Å²) in [5, 5.41) is 16.5. The monoisotopic (exact) mass is 288 g/mol. The van der Waals surface area contributed by atoms with E-state index in [9.17, 15) is 9.90 Å².